The predicted molar refractivity (Wildman–Crippen MR) is 136 cm³/mol. The van der Waals surface area contributed by atoms with Crippen LogP contribution in [0.1, 0.15) is 44.9 Å². The van der Waals surface area contributed by atoms with E-state index in [0.717, 1.165) is 25.9 Å². The summed E-state index contributed by atoms with van der Waals surface area (Å²) in [6, 6.07) is 14.5. The van der Waals surface area contributed by atoms with Crippen LogP contribution >= 0.6 is 0 Å². The van der Waals surface area contributed by atoms with Crippen LogP contribution in [-0.2, 0) is 22.6 Å². The molecule has 8 heteroatoms. The molecule has 0 aliphatic rings. The molecule has 4 heterocycles. The van der Waals surface area contributed by atoms with Crippen molar-refractivity contribution < 1.29 is 19.1 Å². The van der Waals surface area contributed by atoms with Gasteiger partial charge in [0.25, 0.3) is 0 Å². The third kappa shape index (κ3) is 6.47. The highest BCUT2D eigenvalue weighted by molar-refractivity contribution is 5.92. The van der Waals surface area contributed by atoms with E-state index in [-0.39, 0.29) is 0 Å². The topological polar surface area (TPSA) is 88.2 Å². The Labute approximate surface area is 210 Å². The zero-order valence-electron chi connectivity index (χ0n) is 20.6. The second-order valence-corrected chi connectivity index (χ2v) is 8.52. The molecular weight excluding hydrogens is 456 g/mol. The van der Waals surface area contributed by atoms with Crippen molar-refractivity contribution in [2.45, 2.75) is 39.8 Å². The van der Waals surface area contributed by atoms with Crippen molar-refractivity contribution in [3.8, 4) is 11.4 Å². The highest BCUT2D eigenvalue weighted by atomic mass is 16.5. The summed E-state index contributed by atoms with van der Waals surface area (Å²) in [7, 11) is 0. The first-order chi connectivity index (χ1) is 17.5. The quantitative estimate of drug-likeness (QED) is 0.222. The third-order valence-corrected chi connectivity index (χ3v) is 5.92. The highest BCUT2D eigenvalue weighted by Crippen LogP contribution is 2.18. The fraction of sp³-hybridized carbons (Fsp3) is 0.286. The molecule has 4 rings (SSSR count). The summed E-state index contributed by atoms with van der Waals surface area (Å²) >= 11 is 0. The number of ether oxygens (including phenoxy) is 2. The van der Waals surface area contributed by atoms with E-state index in [2.05, 4.69) is 19.1 Å². The maximum atomic E-state index is 12.5. The summed E-state index contributed by atoms with van der Waals surface area (Å²) in [5.74, 6) is -0.840. The van der Waals surface area contributed by atoms with Gasteiger partial charge in [-0.2, -0.15) is 0 Å². The summed E-state index contributed by atoms with van der Waals surface area (Å²) in [5.41, 5.74) is 4.06. The highest BCUT2D eigenvalue weighted by Gasteiger charge is 2.13. The Hall–Kier alpha value is -4.20. The van der Waals surface area contributed by atoms with Gasteiger partial charge in [0.1, 0.15) is 0 Å². The van der Waals surface area contributed by atoms with Crippen molar-refractivity contribution in [3.63, 3.8) is 0 Å². The number of hydrogen-bond acceptors (Lipinski definition) is 6. The molecule has 0 saturated carbocycles. The van der Waals surface area contributed by atoms with Gasteiger partial charge in [-0.1, -0.05) is 0 Å². The molecule has 186 valence electrons. The second kappa shape index (κ2) is 12.0. The van der Waals surface area contributed by atoms with E-state index < -0.39 is 11.9 Å². The first-order valence-electron chi connectivity index (χ1n) is 12.0. The normalized spacial score (nSPS) is 10.8. The number of aryl methyl sites for hydroxylation is 4. The molecule has 36 heavy (non-hydrogen) atoms. The van der Waals surface area contributed by atoms with Crippen LogP contribution < -0.4 is 0 Å². The van der Waals surface area contributed by atoms with E-state index in [1.807, 2.05) is 50.5 Å². The molecule has 4 aromatic rings. The van der Waals surface area contributed by atoms with Gasteiger partial charge in [0.15, 0.2) is 0 Å². The zero-order chi connectivity index (χ0) is 25.3. The van der Waals surface area contributed by atoms with Crippen molar-refractivity contribution >= 4 is 11.9 Å². The van der Waals surface area contributed by atoms with Gasteiger partial charge in [-0.3, -0.25) is 9.97 Å². The lowest BCUT2D eigenvalue weighted by Crippen LogP contribution is -2.10. The Morgan fingerprint density at radius 3 is 1.56 bits per heavy atom. The largest absolute Gasteiger partial charge is 0.462 e. The Bertz CT molecular complexity index is 1220. The van der Waals surface area contributed by atoms with E-state index >= 15 is 0 Å². The average Bonchev–Trinajstić information content (AvgIpc) is 3.51. The van der Waals surface area contributed by atoms with Crippen LogP contribution in [0.2, 0.25) is 0 Å². The van der Waals surface area contributed by atoms with Crippen molar-refractivity contribution in [1.82, 2.24) is 19.1 Å². The van der Waals surface area contributed by atoms with Gasteiger partial charge >= 0.3 is 11.9 Å². The van der Waals surface area contributed by atoms with E-state index in [1.54, 1.807) is 24.3 Å². The van der Waals surface area contributed by atoms with Gasteiger partial charge in [0.2, 0.25) is 0 Å². The summed E-state index contributed by atoms with van der Waals surface area (Å²) in [6.45, 7) is 6.28. The van der Waals surface area contributed by atoms with E-state index in [4.69, 9.17) is 9.47 Å². The van der Waals surface area contributed by atoms with E-state index in [1.165, 1.54) is 23.8 Å². The first-order valence-corrected chi connectivity index (χ1v) is 12.0. The monoisotopic (exact) mass is 486 g/mol. The minimum Gasteiger partial charge on any atom is -0.462 e. The van der Waals surface area contributed by atoms with Crippen LogP contribution in [0.25, 0.3) is 11.4 Å². The van der Waals surface area contributed by atoms with Crippen molar-refractivity contribution in [2.75, 3.05) is 13.2 Å². The maximum Gasteiger partial charge on any atom is 0.338 e. The fourth-order valence-corrected chi connectivity index (χ4v) is 3.86. The Balaban J connectivity index is 1.30. The Morgan fingerprint density at radius 1 is 0.722 bits per heavy atom. The molecule has 0 amide bonds. The van der Waals surface area contributed by atoms with E-state index in [0.29, 0.717) is 35.7 Å². The molecular formula is C28H30N4O4. The lowest BCUT2D eigenvalue weighted by atomic mass is 10.1. The SMILES string of the molecule is Cc1cccn1CCCOC(=O)c1ccnc(-c2cc(C(=O)OCCCn3cccc3C)ccn2)c1. The molecule has 0 saturated heterocycles. The molecule has 0 unspecified atom stereocenters. The van der Waals surface area contributed by atoms with Crippen LogP contribution in [0.4, 0.5) is 0 Å². The number of pyridine rings is 2. The van der Waals surface area contributed by atoms with Crippen LogP contribution in [0.15, 0.2) is 73.3 Å². The number of aromatic nitrogens is 4. The lowest BCUT2D eigenvalue weighted by Gasteiger charge is -2.09. The van der Waals surface area contributed by atoms with Crippen molar-refractivity contribution in [3.05, 3.63) is 95.8 Å². The molecule has 0 fully saturated rings. The number of esters is 2. The van der Waals surface area contributed by atoms with Crippen LogP contribution in [-0.4, -0.2) is 44.3 Å². The molecule has 0 aromatic carbocycles. The van der Waals surface area contributed by atoms with Crippen molar-refractivity contribution in [1.29, 1.82) is 0 Å². The van der Waals surface area contributed by atoms with Gasteiger partial charge in [0, 0.05) is 49.3 Å². The zero-order valence-corrected chi connectivity index (χ0v) is 20.6. The number of nitrogens with zero attached hydrogens (tertiary/aromatic N) is 4. The van der Waals surface area contributed by atoms with Crippen molar-refractivity contribution in [2.24, 2.45) is 0 Å². The van der Waals surface area contributed by atoms with Crippen LogP contribution in [0.3, 0.4) is 0 Å². The number of carbonyl (C=O) groups is 2. The second-order valence-electron chi connectivity index (χ2n) is 8.52. The predicted octanol–water partition coefficient (Wildman–Crippen LogP) is 4.86. The van der Waals surface area contributed by atoms with E-state index in [9.17, 15) is 9.59 Å². The summed E-state index contributed by atoms with van der Waals surface area (Å²) in [5, 5.41) is 0. The average molecular weight is 487 g/mol. The smallest absolute Gasteiger partial charge is 0.338 e. The van der Waals surface area contributed by atoms with Gasteiger partial charge in [-0.15, -0.1) is 0 Å². The molecule has 0 bridgehead atoms. The molecule has 0 aliphatic carbocycles. The molecule has 0 atom stereocenters. The van der Waals surface area contributed by atoms with Gasteiger partial charge < -0.3 is 18.6 Å². The molecule has 0 aliphatic heterocycles. The molecule has 4 aromatic heterocycles. The van der Waals surface area contributed by atoms with Gasteiger partial charge in [-0.05, 0) is 75.2 Å². The molecule has 0 N–H and O–H groups in total. The van der Waals surface area contributed by atoms with Crippen LogP contribution in [0, 0.1) is 13.8 Å². The molecule has 0 radical (unpaired) electrons. The maximum absolute atomic E-state index is 12.5. The first kappa shape index (κ1) is 24.9. The third-order valence-electron chi connectivity index (χ3n) is 5.92. The summed E-state index contributed by atoms with van der Waals surface area (Å²) < 4.78 is 15.1. The standard InChI is InChI=1S/C28H30N4O4/c1-21-7-3-13-31(21)15-5-17-35-27(33)23-9-11-29-25(19-23)26-20-24(10-12-30-26)28(34)36-18-6-16-32-14-4-8-22(32)2/h3-4,7-14,19-20H,5-6,15-18H2,1-2H3. The minimum absolute atomic E-state index is 0.317. The number of hydrogen-bond donors (Lipinski definition) is 0. The fourth-order valence-electron chi connectivity index (χ4n) is 3.86. The van der Waals surface area contributed by atoms with Gasteiger partial charge in [-0.25, -0.2) is 9.59 Å². The number of rotatable bonds is 11. The van der Waals surface area contributed by atoms with Crippen LogP contribution in [0.5, 0.6) is 0 Å². The summed E-state index contributed by atoms with van der Waals surface area (Å²) in [6.07, 6.45) is 8.52. The Morgan fingerprint density at radius 2 is 1.17 bits per heavy atom. The lowest BCUT2D eigenvalue weighted by molar-refractivity contribution is 0.0486. The molecule has 8 nitrogen and oxygen atoms in total. The van der Waals surface area contributed by atoms with Gasteiger partial charge in [0.05, 0.1) is 35.7 Å². The number of carbonyl (C=O) groups excluding carboxylic acids is 2. The molecule has 0 spiro atoms. The minimum atomic E-state index is -0.420. The Kier molecular flexibility index (Phi) is 8.28. The summed E-state index contributed by atoms with van der Waals surface area (Å²) in [4.78, 5) is 33.7.